The van der Waals surface area contributed by atoms with Crippen molar-refractivity contribution in [1.82, 2.24) is 4.90 Å². The Bertz CT molecular complexity index is 996. The van der Waals surface area contributed by atoms with E-state index in [-0.39, 0.29) is 25.0 Å². The van der Waals surface area contributed by atoms with Crippen molar-refractivity contribution in [3.05, 3.63) is 82.1 Å². The Balaban J connectivity index is 2.03. The molecule has 1 aliphatic rings. The number of benzene rings is 2. The minimum atomic E-state index is -0.976. The van der Waals surface area contributed by atoms with Crippen molar-refractivity contribution in [3.63, 3.8) is 0 Å². The minimum Gasteiger partial charge on any atom is -0.460 e. The smallest absolute Gasteiger partial charge is 0.336 e. The first-order valence-electron chi connectivity index (χ1n) is 9.90. The predicted octanol–water partition coefficient (Wildman–Crippen LogP) is 5.01. The van der Waals surface area contributed by atoms with Crippen LogP contribution >= 0.6 is 0 Å². The third-order valence-electron chi connectivity index (χ3n) is 5.19. The summed E-state index contributed by atoms with van der Waals surface area (Å²) < 4.78 is 32.3. The summed E-state index contributed by atoms with van der Waals surface area (Å²) in [6, 6.07) is 11.2. The molecule has 0 saturated heterocycles. The van der Waals surface area contributed by atoms with Gasteiger partial charge in [-0.1, -0.05) is 35.9 Å². The van der Waals surface area contributed by atoms with Gasteiger partial charge in [-0.2, -0.15) is 0 Å². The van der Waals surface area contributed by atoms with Crippen LogP contribution in [0.15, 0.2) is 53.7 Å². The topological polar surface area (TPSA) is 46.6 Å². The molecule has 0 saturated carbocycles. The Labute approximate surface area is 175 Å². The standard InChI is InChI=1S/C24H25F2NO3/c1-14(2)30-24(29)23-16(4)27(13-17-7-10-20(25)21(26)11-17)22(28)12-19(23)18-8-5-15(3)6-9-18/h5-11,14,19H,12-13H2,1-4H3/t19-/m1/s1. The number of hydrogen-bond donors (Lipinski definition) is 0. The summed E-state index contributed by atoms with van der Waals surface area (Å²) in [5, 5.41) is 0. The Kier molecular flexibility index (Phi) is 6.34. The number of aryl methyl sites for hydroxylation is 1. The molecule has 3 rings (SSSR count). The van der Waals surface area contributed by atoms with Crippen LogP contribution in [0.25, 0.3) is 0 Å². The number of amides is 1. The van der Waals surface area contributed by atoms with Crippen LogP contribution in [0.4, 0.5) is 8.78 Å². The first-order chi connectivity index (χ1) is 14.2. The van der Waals surface area contributed by atoms with Gasteiger partial charge in [0.1, 0.15) is 0 Å². The highest BCUT2D eigenvalue weighted by Crippen LogP contribution is 2.38. The summed E-state index contributed by atoms with van der Waals surface area (Å²) >= 11 is 0. The van der Waals surface area contributed by atoms with E-state index in [4.69, 9.17) is 4.74 Å². The zero-order valence-electron chi connectivity index (χ0n) is 17.5. The van der Waals surface area contributed by atoms with Crippen molar-refractivity contribution < 1.29 is 23.1 Å². The molecule has 1 atom stereocenters. The molecule has 0 bridgehead atoms. The number of allylic oxidation sites excluding steroid dienone is 1. The van der Waals surface area contributed by atoms with Crippen LogP contribution in [-0.4, -0.2) is 22.9 Å². The van der Waals surface area contributed by atoms with Crippen molar-refractivity contribution in [2.45, 2.75) is 52.7 Å². The van der Waals surface area contributed by atoms with E-state index in [1.165, 1.54) is 11.0 Å². The summed E-state index contributed by atoms with van der Waals surface area (Å²) in [6.07, 6.45) is -0.221. The van der Waals surface area contributed by atoms with Gasteiger partial charge in [-0.3, -0.25) is 4.79 Å². The van der Waals surface area contributed by atoms with Crippen molar-refractivity contribution in [2.75, 3.05) is 0 Å². The quantitative estimate of drug-likeness (QED) is 0.647. The number of hydrogen-bond acceptors (Lipinski definition) is 3. The second-order valence-corrected chi connectivity index (χ2v) is 7.85. The highest BCUT2D eigenvalue weighted by molar-refractivity contribution is 5.96. The predicted molar refractivity (Wildman–Crippen MR) is 109 cm³/mol. The molecule has 0 radical (unpaired) electrons. The Morgan fingerprint density at radius 1 is 1.10 bits per heavy atom. The molecular formula is C24H25F2NO3. The van der Waals surface area contributed by atoms with Gasteiger partial charge in [-0.05, 0) is 51.0 Å². The third kappa shape index (κ3) is 4.58. The van der Waals surface area contributed by atoms with E-state index in [0.29, 0.717) is 16.8 Å². The van der Waals surface area contributed by atoms with Gasteiger partial charge >= 0.3 is 5.97 Å². The molecule has 1 heterocycles. The highest BCUT2D eigenvalue weighted by Gasteiger charge is 2.37. The Morgan fingerprint density at radius 2 is 1.77 bits per heavy atom. The average Bonchev–Trinajstić information content (AvgIpc) is 2.67. The number of nitrogens with zero attached hydrogens (tertiary/aromatic N) is 1. The van der Waals surface area contributed by atoms with Gasteiger partial charge in [-0.15, -0.1) is 0 Å². The van der Waals surface area contributed by atoms with Crippen molar-refractivity contribution in [1.29, 1.82) is 0 Å². The summed E-state index contributed by atoms with van der Waals surface area (Å²) in [5.74, 6) is -3.02. The number of halogens is 2. The minimum absolute atomic E-state index is 0.0426. The van der Waals surface area contributed by atoms with Crippen LogP contribution in [-0.2, 0) is 20.9 Å². The number of carbonyl (C=O) groups is 2. The van der Waals surface area contributed by atoms with Crippen molar-refractivity contribution >= 4 is 11.9 Å². The average molecular weight is 413 g/mol. The highest BCUT2D eigenvalue weighted by atomic mass is 19.2. The molecule has 2 aromatic carbocycles. The van der Waals surface area contributed by atoms with Crippen LogP contribution in [0, 0.1) is 18.6 Å². The molecule has 2 aromatic rings. The molecule has 158 valence electrons. The molecule has 1 amide bonds. The van der Waals surface area contributed by atoms with Crippen molar-refractivity contribution in [3.8, 4) is 0 Å². The van der Waals surface area contributed by atoms with Gasteiger partial charge in [-0.25, -0.2) is 13.6 Å². The number of rotatable bonds is 5. The molecule has 1 aliphatic heterocycles. The number of esters is 1. The van der Waals surface area contributed by atoms with E-state index in [1.807, 2.05) is 31.2 Å². The summed E-state index contributed by atoms with van der Waals surface area (Å²) in [5.41, 5.74) is 3.25. The molecule has 4 nitrogen and oxygen atoms in total. The van der Waals surface area contributed by atoms with Crippen LogP contribution in [0.1, 0.15) is 49.8 Å². The summed E-state index contributed by atoms with van der Waals surface area (Å²) in [7, 11) is 0. The fraction of sp³-hybridized carbons (Fsp3) is 0.333. The molecule has 0 aromatic heterocycles. The van der Waals surface area contributed by atoms with Gasteiger partial charge in [0.25, 0.3) is 0 Å². The van der Waals surface area contributed by atoms with Gasteiger partial charge < -0.3 is 9.64 Å². The lowest BCUT2D eigenvalue weighted by Crippen LogP contribution is -2.38. The number of ether oxygens (including phenoxy) is 1. The zero-order valence-corrected chi connectivity index (χ0v) is 17.5. The molecule has 30 heavy (non-hydrogen) atoms. The fourth-order valence-corrected chi connectivity index (χ4v) is 3.65. The first kappa shape index (κ1) is 21.7. The van der Waals surface area contributed by atoms with E-state index in [1.54, 1.807) is 20.8 Å². The van der Waals surface area contributed by atoms with Crippen LogP contribution < -0.4 is 0 Å². The maximum Gasteiger partial charge on any atom is 0.336 e. The largest absolute Gasteiger partial charge is 0.460 e. The molecule has 0 spiro atoms. The summed E-state index contributed by atoms with van der Waals surface area (Å²) in [6.45, 7) is 7.23. The van der Waals surface area contributed by atoms with E-state index in [0.717, 1.165) is 23.3 Å². The van der Waals surface area contributed by atoms with Gasteiger partial charge in [0.2, 0.25) is 5.91 Å². The SMILES string of the molecule is CC1=C(C(=O)OC(C)C)[C@@H](c2ccc(C)cc2)CC(=O)N1Cc1ccc(F)c(F)c1. The first-order valence-corrected chi connectivity index (χ1v) is 9.90. The molecule has 0 fully saturated rings. The normalized spacial score (nSPS) is 17.0. The van der Waals surface area contributed by atoms with Crippen LogP contribution in [0.3, 0.4) is 0 Å². The Morgan fingerprint density at radius 3 is 2.37 bits per heavy atom. The molecule has 0 N–H and O–H groups in total. The lowest BCUT2D eigenvalue weighted by molar-refractivity contribution is -0.143. The van der Waals surface area contributed by atoms with E-state index < -0.39 is 23.5 Å². The van der Waals surface area contributed by atoms with E-state index in [9.17, 15) is 18.4 Å². The lowest BCUT2D eigenvalue weighted by Gasteiger charge is -2.35. The molecule has 0 unspecified atom stereocenters. The summed E-state index contributed by atoms with van der Waals surface area (Å²) in [4.78, 5) is 27.4. The fourth-order valence-electron chi connectivity index (χ4n) is 3.65. The third-order valence-corrected chi connectivity index (χ3v) is 5.19. The molecule has 0 aliphatic carbocycles. The van der Waals surface area contributed by atoms with Gasteiger partial charge in [0, 0.05) is 18.0 Å². The second-order valence-electron chi connectivity index (χ2n) is 7.85. The molecule has 6 heteroatoms. The maximum atomic E-state index is 13.6. The van der Waals surface area contributed by atoms with Crippen molar-refractivity contribution in [2.24, 2.45) is 0 Å². The van der Waals surface area contributed by atoms with Crippen LogP contribution in [0.2, 0.25) is 0 Å². The zero-order chi connectivity index (χ0) is 22.0. The lowest BCUT2D eigenvalue weighted by atomic mass is 9.83. The van der Waals surface area contributed by atoms with Gasteiger partial charge in [0.15, 0.2) is 11.6 Å². The second kappa shape index (κ2) is 8.78. The monoisotopic (exact) mass is 413 g/mol. The van der Waals surface area contributed by atoms with E-state index >= 15 is 0 Å². The molecular weight excluding hydrogens is 388 g/mol. The van der Waals surface area contributed by atoms with E-state index in [2.05, 4.69) is 0 Å². The maximum absolute atomic E-state index is 13.6. The van der Waals surface area contributed by atoms with Crippen LogP contribution in [0.5, 0.6) is 0 Å². The number of carbonyl (C=O) groups excluding carboxylic acids is 2. The van der Waals surface area contributed by atoms with Gasteiger partial charge in [0.05, 0.1) is 18.2 Å². The Hall–Kier alpha value is -3.02.